The molecule has 0 aliphatic heterocycles. The Labute approximate surface area is 128 Å². The lowest BCUT2D eigenvalue weighted by molar-refractivity contribution is 0.585. The summed E-state index contributed by atoms with van der Waals surface area (Å²) in [5, 5.41) is 4.10. The molecule has 0 saturated heterocycles. The monoisotopic (exact) mass is 309 g/mol. The van der Waals surface area contributed by atoms with E-state index >= 15 is 0 Å². The van der Waals surface area contributed by atoms with Crippen molar-refractivity contribution < 1.29 is 4.39 Å². The molecule has 2 aromatic rings. The Morgan fingerprint density at radius 1 is 1.20 bits per heavy atom. The summed E-state index contributed by atoms with van der Waals surface area (Å²) in [5.41, 5.74) is 1.13. The number of rotatable bonds is 5. The smallest absolute Gasteiger partial charge is 0.124 e. The average molecular weight is 310 g/mol. The van der Waals surface area contributed by atoms with Gasteiger partial charge >= 0.3 is 0 Å². The van der Waals surface area contributed by atoms with Crippen molar-refractivity contribution in [3.63, 3.8) is 0 Å². The topological polar surface area (TPSA) is 12.0 Å². The average Bonchev–Trinajstić information content (AvgIpc) is 2.39. The first-order chi connectivity index (χ1) is 9.54. The summed E-state index contributed by atoms with van der Waals surface area (Å²) in [6.45, 7) is 4.95. The predicted molar refractivity (Wildman–Crippen MR) is 84.0 cm³/mol. The first kappa shape index (κ1) is 15.4. The maximum atomic E-state index is 13.2. The summed E-state index contributed by atoms with van der Waals surface area (Å²) in [6.07, 6.45) is 0. The molecule has 0 spiro atoms. The van der Waals surface area contributed by atoms with Crippen LogP contribution in [0.15, 0.2) is 52.3 Å². The summed E-state index contributed by atoms with van der Waals surface area (Å²) in [5.74, 6) is -0.217. The molecule has 0 fully saturated rings. The molecule has 2 aromatic carbocycles. The summed E-state index contributed by atoms with van der Waals surface area (Å²) in [6, 6.07) is 12.8. The molecule has 0 aliphatic carbocycles. The highest BCUT2D eigenvalue weighted by Crippen LogP contribution is 2.32. The number of benzene rings is 2. The highest BCUT2D eigenvalue weighted by Gasteiger charge is 2.07. The SMILES string of the molecule is CC(C)NCc1cc(Cl)ccc1Sc1cccc(F)c1. The van der Waals surface area contributed by atoms with Crippen LogP contribution in [-0.4, -0.2) is 6.04 Å². The van der Waals surface area contributed by atoms with Gasteiger partial charge in [-0.3, -0.25) is 0 Å². The third-order valence-corrected chi connectivity index (χ3v) is 4.09. The first-order valence-electron chi connectivity index (χ1n) is 6.50. The molecular weight excluding hydrogens is 293 g/mol. The van der Waals surface area contributed by atoms with Crippen LogP contribution in [0.3, 0.4) is 0 Å². The van der Waals surface area contributed by atoms with Crippen molar-refractivity contribution in [2.75, 3.05) is 0 Å². The molecule has 2 rings (SSSR count). The van der Waals surface area contributed by atoms with Crippen LogP contribution >= 0.6 is 23.4 Å². The standard InChI is InChI=1S/C16H17ClFNS/c1-11(2)19-10-12-8-13(17)6-7-16(12)20-15-5-3-4-14(18)9-15/h3-9,11,19H,10H2,1-2H3. The van der Waals surface area contributed by atoms with Gasteiger partial charge in [0.2, 0.25) is 0 Å². The van der Waals surface area contributed by atoms with Gasteiger partial charge in [0.05, 0.1) is 0 Å². The second kappa shape index (κ2) is 7.11. The highest BCUT2D eigenvalue weighted by atomic mass is 35.5. The van der Waals surface area contributed by atoms with E-state index in [0.717, 1.165) is 21.9 Å². The van der Waals surface area contributed by atoms with Crippen molar-refractivity contribution in [1.29, 1.82) is 0 Å². The van der Waals surface area contributed by atoms with E-state index in [1.165, 1.54) is 6.07 Å². The molecule has 0 aromatic heterocycles. The number of hydrogen-bond acceptors (Lipinski definition) is 2. The fraction of sp³-hybridized carbons (Fsp3) is 0.250. The maximum Gasteiger partial charge on any atom is 0.124 e. The molecule has 0 bridgehead atoms. The van der Waals surface area contributed by atoms with Gasteiger partial charge in [-0.2, -0.15) is 0 Å². The van der Waals surface area contributed by atoms with Crippen LogP contribution in [0.5, 0.6) is 0 Å². The lowest BCUT2D eigenvalue weighted by Crippen LogP contribution is -2.22. The second-order valence-electron chi connectivity index (χ2n) is 4.85. The van der Waals surface area contributed by atoms with Crippen molar-refractivity contribution in [3.8, 4) is 0 Å². The second-order valence-corrected chi connectivity index (χ2v) is 6.40. The number of nitrogens with one attached hydrogen (secondary N) is 1. The van der Waals surface area contributed by atoms with Gasteiger partial charge in [0.15, 0.2) is 0 Å². The summed E-state index contributed by atoms with van der Waals surface area (Å²) in [4.78, 5) is 1.98. The van der Waals surface area contributed by atoms with Crippen LogP contribution in [0, 0.1) is 5.82 Å². The Kier molecular flexibility index (Phi) is 5.46. The molecule has 4 heteroatoms. The molecule has 106 valence electrons. The predicted octanol–water partition coefficient (Wildman–Crippen LogP) is 5.13. The van der Waals surface area contributed by atoms with Crippen molar-refractivity contribution in [2.45, 2.75) is 36.2 Å². The Hall–Kier alpha value is -1.03. The largest absolute Gasteiger partial charge is 0.310 e. The van der Waals surface area contributed by atoms with E-state index < -0.39 is 0 Å². The molecule has 0 radical (unpaired) electrons. The van der Waals surface area contributed by atoms with Crippen LogP contribution in [0.25, 0.3) is 0 Å². The van der Waals surface area contributed by atoms with E-state index in [1.54, 1.807) is 23.9 Å². The van der Waals surface area contributed by atoms with Crippen molar-refractivity contribution in [2.24, 2.45) is 0 Å². The minimum Gasteiger partial charge on any atom is -0.310 e. The summed E-state index contributed by atoms with van der Waals surface area (Å²) in [7, 11) is 0. The van der Waals surface area contributed by atoms with E-state index in [4.69, 9.17) is 11.6 Å². The van der Waals surface area contributed by atoms with Crippen LogP contribution in [-0.2, 0) is 6.54 Å². The summed E-state index contributed by atoms with van der Waals surface area (Å²) >= 11 is 7.61. The zero-order valence-electron chi connectivity index (χ0n) is 11.5. The zero-order chi connectivity index (χ0) is 14.5. The van der Waals surface area contributed by atoms with Crippen molar-refractivity contribution in [3.05, 3.63) is 58.9 Å². The zero-order valence-corrected chi connectivity index (χ0v) is 13.1. The molecule has 20 heavy (non-hydrogen) atoms. The van der Waals surface area contributed by atoms with E-state index in [0.29, 0.717) is 11.1 Å². The molecule has 1 nitrogen and oxygen atoms in total. The van der Waals surface area contributed by atoms with Gasteiger partial charge in [-0.25, -0.2) is 4.39 Å². The molecule has 0 unspecified atom stereocenters. The van der Waals surface area contributed by atoms with E-state index in [9.17, 15) is 4.39 Å². The molecule has 0 saturated carbocycles. The normalized spacial score (nSPS) is 11.1. The minimum atomic E-state index is -0.217. The van der Waals surface area contributed by atoms with Gasteiger partial charge < -0.3 is 5.32 Å². The van der Waals surface area contributed by atoms with Crippen LogP contribution in [0.1, 0.15) is 19.4 Å². The fourth-order valence-corrected chi connectivity index (χ4v) is 2.92. The van der Waals surface area contributed by atoms with E-state index in [-0.39, 0.29) is 5.82 Å². The van der Waals surface area contributed by atoms with Gasteiger partial charge in [0.1, 0.15) is 5.82 Å². The Morgan fingerprint density at radius 2 is 2.00 bits per heavy atom. The van der Waals surface area contributed by atoms with Crippen molar-refractivity contribution in [1.82, 2.24) is 5.32 Å². The number of halogens is 2. The van der Waals surface area contributed by atoms with Gasteiger partial charge in [-0.05, 0) is 42.0 Å². The van der Waals surface area contributed by atoms with E-state index in [2.05, 4.69) is 19.2 Å². The maximum absolute atomic E-state index is 13.2. The Bertz CT molecular complexity index is 586. The van der Waals surface area contributed by atoms with Crippen molar-refractivity contribution >= 4 is 23.4 Å². The van der Waals surface area contributed by atoms with Crippen LogP contribution in [0.4, 0.5) is 4.39 Å². The van der Waals surface area contributed by atoms with Gasteiger partial charge in [0.25, 0.3) is 0 Å². The molecule has 0 atom stereocenters. The molecule has 0 amide bonds. The van der Waals surface area contributed by atoms with Crippen LogP contribution < -0.4 is 5.32 Å². The van der Waals surface area contributed by atoms with Crippen LogP contribution in [0.2, 0.25) is 5.02 Å². The lowest BCUT2D eigenvalue weighted by atomic mass is 10.2. The molecule has 0 aliphatic rings. The lowest BCUT2D eigenvalue weighted by Gasteiger charge is -2.13. The fourth-order valence-electron chi connectivity index (χ4n) is 1.76. The Balaban J connectivity index is 2.21. The van der Waals surface area contributed by atoms with Gasteiger partial charge in [-0.15, -0.1) is 0 Å². The third-order valence-electron chi connectivity index (χ3n) is 2.75. The molecular formula is C16H17ClFNS. The molecule has 0 heterocycles. The van der Waals surface area contributed by atoms with Gasteiger partial charge in [0, 0.05) is 27.4 Å². The van der Waals surface area contributed by atoms with E-state index in [1.807, 2.05) is 24.3 Å². The van der Waals surface area contributed by atoms with Gasteiger partial charge in [-0.1, -0.05) is 43.3 Å². The molecule has 1 N–H and O–H groups in total. The third kappa shape index (κ3) is 4.51. The number of hydrogen-bond donors (Lipinski definition) is 1. The minimum absolute atomic E-state index is 0.217. The first-order valence-corrected chi connectivity index (χ1v) is 7.69. The highest BCUT2D eigenvalue weighted by molar-refractivity contribution is 7.99. The summed E-state index contributed by atoms with van der Waals surface area (Å²) < 4.78 is 13.2. The quantitative estimate of drug-likeness (QED) is 0.822. The Morgan fingerprint density at radius 3 is 2.70 bits per heavy atom.